The van der Waals surface area contributed by atoms with Gasteiger partial charge in [-0.3, -0.25) is 9.79 Å². The molecular formula is C21H23N3OS. The van der Waals surface area contributed by atoms with E-state index in [9.17, 15) is 4.79 Å². The molecule has 0 fully saturated rings. The largest absolute Gasteiger partial charge is 0.379 e. The Bertz CT molecular complexity index is 862. The van der Waals surface area contributed by atoms with E-state index < -0.39 is 0 Å². The molecular weight excluding hydrogens is 342 g/mol. The van der Waals surface area contributed by atoms with Gasteiger partial charge in [-0.15, -0.1) is 0 Å². The summed E-state index contributed by atoms with van der Waals surface area (Å²) in [4.78, 5) is 19.5. The fraction of sp³-hybridized carbons (Fsp3) is 0.333. The molecule has 2 heterocycles. The van der Waals surface area contributed by atoms with E-state index in [2.05, 4.69) is 30.1 Å². The number of rotatable bonds is 2. The maximum absolute atomic E-state index is 12.9. The molecule has 2 aromatic rings. The second kappa shape index (κ2) is 6.80. The number of nitrogens with zero attached hydrogens (tertiary/aromatic N) is 2. The third kappa shape index (κ3) is 3.23. The first kappa shape index (κ1) is 17.2. The quantitative estimate of drug-likeness (QED) is 0.885. The van der Waals surface area contributed by atoms with Gasteiger partial charge in [0.1, 0.15) is 0 Å². The molecule has 26 heavy (non-hydrogen) atoms. The fourth-order valence-corrected chi connectivity index (χ4v) is 4.69. The van der Waals surface area contributed by atoms with Gasteiger partial charge in [0.2, 0.25) is 0 Å². The van der Waals surface area contributed by atoms with Gasteiger partial charge in [-0.1, -0.05) is 48.2 Å². The van der Waals surface area contributed by atoms with Crippen molar-refractivity contribution in [2.24, 2.45) is 10.7 Å². The van der Waals surface area contributed by atoms with Crippen LogP contribution in [0.4, 0.5) is 0 Å². The molecule has 0 aliphatic carbocycles. The Hall–Kier alpha value is -2.27. The maximum Gasteiger partial charge on any atom is 0.254 e. The maximum atomic E-state index is 12.9. The number of fused-ring (bicyclic) bond motifs is 1. The molecule has 0 radical (unpaired) electrons. The van der Waals surface area contributed by atoms with Crippen molar-refractivity contribution < 1.29 is 4.79 Å². The number of hydrogen-bond acceptors (Lipinski definition) is 4. The number of amidine groups is 1. The van der Waals surface area contributed by atoms with Gasteiger partial charge in [0, 0.05) is 24.4 Å². The predicted octanol–water partition coefficient (Wildman–Crippen LogP) is 3.55. The van der Waals surface area contributed by atoms with Crippen LogP contribution in [0.5, 0.6) is 0 Å². The lowest BCUT2D eigenvalue weighted by Gasteiger charge is -2.31. The molecule has 134 valence electrons. The van der Waals surface area contributed by atoms with Crippen molar-refractivity contribution in [3.05, 3.63) is 70.8 Å². The molecule has 4 rings (SSSR count). The van der Waals surface area contributed by atoms with Crippen LogP contribution in [-0.2, 0) is 18.5 Å². The summed E-state index contributed by atoms with van der Waals surface area (Å²) in [5.41, 5.74) is 10.1. The minimum atomic E-state index is -0.291. The summed E-state index contributed by atoms with van der Waals surface area (Å²) in [5, 5.41) is 0.644. The first-order valence-corrected chi connectivity index (χ1v) is 9.98. The molecule has 2 aromatic carbocycles. The van der Waals surface area contributed by atoms with E-state index in [1.165, 1.54) is 11.1 Å². The van der Waals surface area contributed by atoms with Crippen molar-refractivity contribution in [3.63, 3.8) is 0 Å². The first-order valence-electron chi connectivity index (χ1n) is 9.00. The summed E-state index contributed by atoms with van der Waals surface area (Å²) in [7, 11) is 0. The van der Waals surface area contributed by atoms with Gasteiger partial charge >= 0.3 is 0 Å². The van der Waals surface area contributed by atoms with E-state index >= 15 is 0 Å². The number of amides is 1. The van der Waals surface area contributed by atoms with Crippen molar-refractivity contribution in [1.29, 1.82) is 0 Å². The molecule has 0 bridgehead atoms. The second-order valence-corrected chi connectivity index (χ2v) is 8.26. The average molecular weight is 366 g/mol. The zero-order valence-corrected chi connectivity index (χ0v) is 15.8. The van der Waals surface area contributed by atoms with Crippen LogP contribution in [0.3, 0.4) is 0 Å². The number of nitrogens with two attached hydrogens (primary N) is 1. The summed E-state index contributed by atoms with van der Waals surface area (Å²) in [5.74, 6) is 1.07. The molecule has 2 N–H and O–H groups in total. The van der Waals surface area contributed by atoms with E-state index in [1.807, 2.05) is 35.2 Å². The molecule has 2 aliphatic heterocycles. The Morgan fingerprint density at radius 2 is 1.88 bits per heavy atom. The average Bonchev–Trinajstić information content (AvgIpc) is 2.67. The molecule has 1 amide bonds. The van der Waals surface area contributed by atoms with Gasteiger partial charge in [0.15, 0.2) is 5.17 Å². The molecule has 5 heteroatoms. The molecule has 0 saturated carbocycles. The van der Waals surface area contributed by atoms with E-state index in [0.717, 1.165) is 36.3 Å². The first-order chi connectivity index (χ1) is 12.5. The lowest BCUT2D eigenvalue weighted by atomic mass is 9.89. The van der Waals surface area contributed by atoms with Crippen LogP contribution in [0.2, 0.25) is 0 Å². The van der Waals surface area contributed by atoms with Gasteiger partial charge < -0.3 is 10.6 Å². The molecule has 0 aromatic heterocycles. The Morgan fingerprint density at radius 3 is 2.62 bits per heavy atom. The van der Waals surface area contributed by atoms with Crippen LogP contribution >= 0.6 is 11.8 Å². The normalized spacial score (nSPS) is 22.5. The van der Waals surface area contributed by atoms with Gasteiger partial charge in [0.05, 0.1) is 5.54 Å². The van der Waals surface area contributed by atoms with Crippen molar-refractivity contribution in [3.8, 4) is 0 Å². The van der Waals surface area contributed by atoms with Crippen LogP contribution in [0.25, 0.3) is 0 Å². The van der Waals surface area contributed by atoms with Crippen LogP contribution in [-0.4, -0.2) is 28.3 Å². The molecule has 2 aliphatic rings. The summed E-state index contributed by atoms with van der Waals surface area (Å²) >= 11 is 1.60. The zero-order valence-electron chi connectivity index (χ0n) is 14.9. The molecule has 0 saturated heterocycles. The minimum absolute atomic E-state index is 0.0958. The number of carbonyl (C=O) groups is 1. The van der Waals surface area contributed by atoms with Gasteiger partial charge in [-0.25, -0.2) is 0 Å². The topological polar surface area (TPSA) is 58.7 Å². The van der Waals surface area contributed by atoms with Gasteiger partial charge in [-0.05, 0) is 48.6 Å². The molecule has 1 unspecified atom stereocenters. The number of hydrogen-bond donors (Lipinski definition) is 1. The highest BCUT2D eigenvalue weighted by Crippen LogP contribution is 2.35. The highest BCUT2D eigenvalue weighted by Gasteiger charge is 2.29. The van der Waals surface area contributed by atoms with E-state index in [4.69, 9.17) is 5.73 Å². The summed E-state index contributed by atoms with van der Waals surface area (Å²) in [6.45, 7) is 3.57. The smallest absolute Gasteiger partial charge is 0.254 e. The third-order valence-corrected chi connectivity index (χ3v) is 6.16. The monoisotopic (exact) mass is 365 g/mol. The van der Waals surface area contributed by atoms with Crippen molar-refractivity contribution in [2.45, 2.75) is 31.8 Å². The number of thioether (sulfide) groups is 1. The van der Waals surface area contributed by atoms with Crippen molar-refractivity contribution in [2.75, 3.05) is 12.3 Å². The van der Waals surface area contributed by atoms with Crippen LogP contribution in [0.15, 0.2) is 53.5 Å². The van der Waals surface area contributed by atoms with Gasteiger partial charge in [0.25, 0.3) is 5.91 Å². The second-order valence-electron chi connectivity index (χ2n) is 7.15. The molecule has 1 atom stereocenters. The lowest BCUT2D eigenvalue weighted by Crippen LogP contribution is -2.36. The minimum Gasteiger partial charge on any atom is -0.379 e. The van der Waals surface area contributed by atoms with E-state index in [1.54, 1.807) is 11.8 Å². The summed E-state index contributed by atoms with van der Waals surface area (Å²) in [6, 6.07) is 16.3. The molecule has 4 nitrogen and oxygen atoms in total. The standard InChI is InChI=1S/C21H23N3OS/c1-21(11-13-26-20(22)23-21)18-8-6-16(7-9-18)19(25)24-12-10-15-4-2-3-5-17(15)14-24/h2-9H,10-14H2,1H3,(H2,22,23). The molecule has 0 spiro atoms. The highest BCUT2D eigenvalue weighted by atomic mass is 32.2. The summed E-state index contributed by atoms with van der Waals surface area (Å²) in [6.07, 6.45) is 1.87. The van der Waals surface area contributed by atoms with Gasteiger partial charge in [-0.2, -0.15) is 0 Å². The Labute approximate surface area is 158 Å². The lowest BCUT2D eigenvalue weighted by molar-refractivity contribution is 0.0734. The Morgan fingerprint density at radius 1 is 1.15 bits per heavy atom. The number of aliphatic imine (C=N–C) groups is 1. The fourth-order valence-electron chi connectivity index (χ4n) is 3.72. The Kier molecular flexibility index (Phi) is 4.49. The van der Waals surface area contributed by atoms with Crippen LogP contribution < -0.4 is 5.73 Å². The van der Waals surface area contributed by atoms with Crippen molar-refractivity contribution in [1.82, 2.24) is 4.90 Å². The zero-order chi connectivity index (χ0) is 18.1. The third-order valence-electron chi connectivity index (χ3n) is 5.37. The van der Waals surface area contributed by atoms with Crippen LogP contribution in [0.1, 0.15) is 40.4 Å². The Balaban J connectivity index is 1.52. The van der Waals surface area contributed by atoms with E-state index in [0.29, 0.717) is 11.7 Å². The van der Waals surface area contributed by atoms with Crippen molar-refractivity contribution >= 4 is 22.8 Å². The highest BCUT2D eigenvalue weighted by molar-refractivity contribution is 8.13. The predicted molar refractivity (Wildman–Crippen MR) is 107 cm³/mol. The number of carbonyl (C=O) groups excluding carboxylic acids is 1. The summed E-state index contributed by atoms with van der Waals surface area (Å²) < 4.78 is 0. The number of benzene rings is 2. The SMILES string of the molecule is CC1(c2ccc(C(=O)N3CCc4ccccc4C3)cc2)CCSC(N)=N1. The van der Waals surface area contributed by atoms with E-state index in [-0.39, 0.29) is 11.4 Å². The van der Waals surface area contributed by atoms with Crippen LogP contribution in [0, 0.1) is 0 Å².